The standard InChI is InChI=1S/C13H16N4S.2ClH/c1-3-14-4-2-11(1)13-16-12(10-18-13)9-17-7-5-15-6-8-17;;/h1-4,10,15H,5-9H2;2*1H. The zero-order valence-corrected chi connectivity index (χ0v) is 13.4. The Hall–Kier alpha value is -0.720. The normalized spacial score (nSPS) is 15.2. The van der Waals surface area contributed by atoms with E-state index in [1.54, 1.807) is 11.3 Å². The molecule has 3 heterocycles. The Bertz CT molecular complexity index is 500. The Balaban J connectivity index is 0.000001000. The molecule has 0 bridgehead atoms. The molecule has 0 aliphatic carbocycles. The summed E-state index contributed by atoms with van der Waals surface area (Å²) in [5.41, 5.74) is 2.33. The van der Waals surface area contributed by atoms with E-state index in [-0.39, 0.29) is 24.8 Å². The number of hydrogen-bond acceptors (Lipinski definition) is 5. The van der Waals surface area contributed by atoms with Gasteiger partial charge in [0.2, 0.25) is 0 Å². The van der Waals surface area contributed by atoms with Crippen LogP contribution in [0, 0.1) is 0 Å². The molecule has 0 radical (unpaired) electrons. The SMILES string of the molecule is Cl.Cl.c1cc(-c2nc(CN3CCNCC3)cs2)ccn1. The maximum absolute atomic E-state index is 4.70. The third kappa shape index (κ3) is 4.40. The molecule has 1 aliphatic rings. The number of halogens is 2. The van der Waals surface area contributed by atoms with Gasteiger partial charge in [0, 0.05) is 56.1 Å². The summed E-state index contributed by atoms with van der Waals surface area (Å²) in [7, 11) is 0. The fraction of sp³-hybridized carbons (Fsp3) is 0.385. The zero-order valence-electron chi connectivity index (χ0n) is 11.0. The third-order valence-corrected chi connectivity index (χ3v) is 4.01. The predicted molar refractivity (Wildman–Crippen MR) is 88.0 cm³/mol. The molecule has 2 aromatic rings. The Labute approximate surface area is 135 Å². The minimum Gasteiger partial charge on any atom is -0.314 e. The second-order valence-electron chi connectivity index (χ2n) is 4.41. The van der Waals surface area contributed by atoms with Gasteiger partial charge in [-0.05, 0) is 12.1 Å². The lowest BCUT2D eigenvalue weighted by Crippen LogP contribution is -2.42. The van der Waals surface area contributed by atoms with Gasteiger partial charge in [-0.2, -0.15) is 0 Å². The van der Waals surface area contributed by atoms with Crippen LogP contribution in [0.25, 0.3) is 10.6 Å². The van der Waals surface area contributed by atoms with Gasteiger partial charge in [-0.3, -0.25) is 9.88 Å². The number of nitrogens with one attached hydrogen (secondary N) is 1. The van der Waals surface area contributed by atoms with E-state index in [2.05, 4.69) is 20.6 Å². The molecule has 3 rings (SSSR count). The smallest absolute Gasteiger partial charge is 0.123 e. The van der Waals surface area contributed by atoms with Crippen molar-refractivity contribution < 1.29 is 0 Å². The van der Waals surface area contributed by atoms with Crippen LogP contribution in [-0.2, 0) is 6.54 Å². The first-order valence-corrected chi connectivity index (χ1v) is 7.08. The summed E-state index contributed by atoms with van der Waals surface area (Å²) < 4.78 is 0. The number of nitrogens with zero attached hydrogens (tertiary/aromatic N) is 3. The van der Waals surface area contributed by atoms with Gasteiger partial charge in [0.1, 0.15) is 5.01 Å². The van der Waals surface area contributed by atoms with Gasteiger partial charge in [0.05, 0.1) is 5.69 Å². The molecule has 0 aromatic carbocycles. The van der Waals surface area contributed by atoms with Crippen molar-refractivity contribution in [1.82, 2.24) is 20.2 Å². The third-order valence-electron chi connectivity index (χ3n) is 3.07. The van der Waals surface area contributed by atoms with E-state index in [1.165, 1.54) is 5.69 Å². The van der Waals surface area contributed by atoms with Crippen LogP contribution < -0.4 is 5.32 Å². The molecule has 4 nitrogen and oxygen atoms in total. The summed E-state index contributed by atoms with van der Waals surface area (Å²) in [5, 5.41) is 6.62. The molecule has 0 unspecified atom stereocenters. The quantitative estimate of drug-likeness (QED) is 0.937. The molecule has 1 fully saturated rings. The highest BCUT2D eigenvalue weighted by atomic mass is 35.5. The van der Waals surface area contributed by atoms with E-state index in [4.69, 9.17) is 4.98 Å². The Morgan fingerprint density at radius 2 is 1.85 bits per heavy atom. The zero-order chi connectivity index (χ0) is 12.2. The van der Waals surface area contributed by atoms with Gasteiger partial charge in [0.15, 0.2) is 0 Å². The molecule has 0 spiro atoms. The molecule has 2 aromatic heterocycles. The molecule has 1 saturated heterocycles. The van der Waals surface area contributed by atoms with E-state index in [0.717, 1.165) is 43.3 Å². The van der Waals surface area contributed by atoms with Crippen molar-refractivity contribution in [2.75, 3.05) is 26.2 Å². The van der Waals surface area contributed by atoms with Crippen LogP contribution in [-0.4, -0.2) is 41.0 Å². The fourth-order valence-corrected chi connectivity index (χ4v) is 2.92. The van der Waals surface area contributed by atoms with Gasteiger partial charge in [-0.1, -0.05) is 0 Å². The highest BCUT2D eigenvalue weighted by Gasteiger charge is 2.12. The number of rotatable bonds is 3. The van der Waals surface area contributed by atoms with E-state index in [1.807, 2.05) is 24.5 Å². The second-order valence-corrected chi connectivity index (χ2v) is 5.26. The van der Waals surface area contributed by atoms with Gasteiger partial charge in [-0.25, -0.2) is 4.98 Å². The number of pyridine rings is 1. The minimum atomic E-state index is 0. The monoisotopic (exact) mass is 332 g/mol. The molecular formula is C13H18Cl2N4S. The number of piperazine rings is 1. The van der Waals surface area contributed by atoms with Crippen LogP contribution >= 0.6 is 36.2 Å². The molecule has 0 amide bonds. The topological polar surface area (TPSA) is 41.1 Å². The minimum absolute atomic E-state index is 0. The molecule has 1 N–H and O–H groups in total. The van der Waals surface area contributed by atoms with E-state index in [0.29, 0.717) is 0 Å². The molecule has 110 valence electrons. The number of thiazole rings is 1. The molecule has 20 heavy (non-hydrogen) atoms. The lowest BCUT2D eigenvalue weighted by Gasteiger charge is -2.26. The Kier molecular flexibility index (Phi) is 7.40. The van der Waals surface area contributed by atoms with Gasteiger partial charge in [-0.15, -0.1) is 36.2 Å². The van der Waals surface area contributed by atoms with Crippen LogP contribution in [0.15, 0.2) is 29.9 Å². The molecule has 0 atom stereocenters. The molecular weight excluding hydrogens is 315 g/mol. The number of aromatic nitrogens is 2. The molecule has 0 saturated carbocycles. The summed E-state index contributed by atoms with van der Waals surface area (Å²) in [6, 6.07) is 4.01. The average molecular weight is 333 g/mol. The predicted octanol–water partition coefficient (Wildman–Crippen LogP) is 2.45. The van der Waals surface area contributed by atoms with Crippen molar-refractivity contribution in [3.63, 3.8) is 0 Å². The maximum atomic E-state index is 4.70. The van der Waals surface area contributed by atoms with Crippen molar-refractivity contribution >= 4 is 36.2 Å². The lowest BCUT2D eigenvalue weighted by molar-refractivity contribution is 0.231. The van der Waals surface area contributed by atoms with Crippen LogP contribution in [0.5, 0.6) is 0 Å². The van der Waals surface area contributed by atoms with Crippen LogP contribution in [0.2, 0.25) is 0 Å². The van der Waals surface area contributed by atoms with Gasteiger partial charge in [0.25, 0.3) is 0 Å². The second kappa shape index (κ2) is 8.54. The fourth-order valence-electron chi connectivity index (χ4n) is 2.11. The van der Waals surface area contributed by atoms with Crippen molar-refractivity contribution in [3.05, 3.63) is 35.6 Å². The van der Waals surface area contributed by atoms with Crippen molar-refractivity contribution in [1.29, 1.82) is 0 Å². The maximum Gasteiger partial charge on any atom is 0.123 e. The van der Waals surface area contributed by atoms with E-state index >= 15 is 0 Å². The first-order valence-electron chi connectivity index (χ1n) is 6.20. The summed E-state index contributed by atoms with van der Waals surface area (Å²) >= 11 is 1.71. The first kappa shape index (κ1) is 17.3. The first-order chi connectivity index (χ1) is 8.92. The Morgan fingerprint density at radius 3 is 2.55 bits per heavy atom. The Morgan fingerprint density at radius 1 is 1.15 bits per heavy atom. The highest BCUT2D eigenvalue weighted by Crippen LogP contribution is 2.23. The summed E-state index contributed by atoms with van der Waals surface area (Å²) in [5.74, 6) is 0. The van der Waals surface area contributed by atoms with Crippen molar-refractivity contribution in [2.45, 2.75) is 6.54 Å². The molecule has 7 heteroatoms. The van der Waals surface area contributed by atoms with Crippen LogP contribution in [0.1, 0.15) is 5.69 Å². The summed E-state index contributed by atoms with van der Waals surface area (Å²) in [4.78, 5) is 11.2. The van der Waals surface area contributed by atoms with Gasteiger partial charge >= 0.3 is 0 Å². The number of hydrogen-bond donors (Lipinski definition) is 1. The molecule has 1 aliphatic heterocycles. The lowest BCUT2D eigenvalue weighted by atomic mass is 10.3. The average Bonchev–Trinajstić information content (AvgIpc) is 2.89. The van der Waals surface area contributed by atoms with Crippen LogP contribution in [0.4, 0.5) is 0 Å². The highest BCUT2D eigenvalue weighted by molar-refractivity contribution is 7.13. The largest absolute Gasteiger partial charge is 0.314 e. The van der Waals surface area contributed by atoms with Crippen LogP contribution in [0.3, 0.4) is 0 Å². The van der Waals surface area contributed by atoms with Crippen molar-refractivity contribution in [3.8, 4) is 10.6 Å². The van der Waals surface area contributed by atoms with Gasteiger partial charge < -0.3 is 5.32 Å². The van der Waals surface area contributed by atoms with E-state index in [9.17, 15) is 0 Å². The summed E-state index contributed by atoms with van der Waals surface area (Å²) in [6.45, 7) is 5.36. The summed E-state index contributed by atoms with van der Waals surface area (Å²) in [6.07, 6.45) is 3.62. The van der Waals surface area contributed by atoms with Crippen molar-refractivity contribution in [2.24, 2.45) is 0 Å². The van der Waals surface area contributed by atoms with E-state index < -0.39 is 0 Å².